The van der Waals surface area contributed by atoms with Gasteiger partial charge in [0.2, 0.25) is 0 Å². The summed E-state index contributed by atoms with van der Waals surface area (Å²) in [6.45, 7) is 7.45. The van der Waals surface area contributed by atoms with Crippen molar-refractivity contribution in [3.05, 3.63) is 29.3 Å². The van der Waals surface area contributed by atoms with Gasteiger partial charge in [-0.15, -0.1) is 0 Å². The summed E-state index contributed by atoms with van der Waals surface area (Å²) in [7, 11) is 0. The molecule has 5 nitrogen and oxygen atoms in total. The molecule has 0 saturated carbocycles. The van der Waals surface area contributed by atoms with Crippen LogP contribution in [0.4, 0.5) is 10.5 Å². The number of hydrogen-bond acceptors (Lipinski definition) is 3. The number of amides is 2. The monoisotopic (exact) mass is 304 g/mol. The number of aryl methyl sites for hydroxylation is 2. The van der Waals surface area contributed by atoms with Gasteiger partial charge in [-0.2, -0.15) is 0 Å². The molecule has 1 saturated heterocycles. The average Bonchev–Trinajstić information content (AvgIpc) is 2.51. The first kappa shape index (κ1) is 16.3. The summed E-state index contributed by atoms with van der Waals surface area (Å²) in [4.78, 5) is 25.7. The van der Waals surface area contributed by atoms with Crippen LogP contribution in [-0.2, 0) is 9.53 Å². The fourth-order valence-electron chi connectivity index (χ4n) is 2.60. The van der Waals surface area contributed by atoms with E-state index in [1.165, 1.54) is 5.56 Å². The number of esters is 1. The fraction of sp³-hybridized carbons (Fsp3) is 0.529. The van der Waals surface area contributed by atoms with E-state index in [0.717, 1.165) is 11.3 Å². The lowest BCUT2D eigenvalue weighted by atomic mass is 9.97. The Kier molecular flexibility index (Phi) is 5.41. The number of rotatable bonds is 3. The van der Waals surface area contributed by atoms with Crippen molar-refractivity contribution in [2.24, 2.45) is 5.92 Å². The van der Waals surface area contributed by atoms with Crippen LogP contribution in [0.1, 0.15) is 30.9 Å². The van der Waals surface area contributed by atoms with Gasteiger partial charge < -0.3 is 15.0 Å². The molecular formula is C17H24N2O3. The molecule has 0 unspecified atom stereocenters. The lowest BCUT2D eigenvalue weighted by Crippen LogP contribution is -2.42. The minimum Gasteiger partial charge on any atom is -0.466 e. The predicted octanol–water partition coefficient (Wildman–Crippen LogP) is 3.11. The SMILES string of the molecule is CCOC(=O)C1CCN(C(=O)Nc2ccc(C)c(C)c2)CC1. The zero-order chi connectivity index (χ0) is 16.1. The Bertz CT molecular complexity index is 549. The van der Waals surface area contributed by atoms with Crippen LogP contribution in [0.25, 0.3) is 0 Å². The van der Waals surface area contributed by atoms with Crippen LogP contribution in [0.5, 0.6) is 0 Å². The zero-order valence-electron chi connectivity index (χ0n) is 13.5. The number of ether oxygens (including phenoxy) is 1. The number of nitrogens with zero attached hydrogens (tertiary/aromatic N) is 1. The summed E-state index contributed by atoms with van der Waals surface area (Å²) in [5.41, 5.74) is 3.16. The van der Waals surface area contributed by atoms with Gasteiger partial charge in [0.15, 0.2) is 0 Å². The number of nitrogens with one attached hydrogen (secondary N) is 1. The van der Waals surface area contributed by atoms with Crippen molar-refractivity contribution < 1.29 is 14.3 Å². The Morgan fingerprint density at radius 3 is 2.50 bits per heavy atom. The van der Waals surface area contributed by atoms with E-state index in [4.69, 9.17) is 4.74 Å². The summed E-state index contributed by atoms with van der Waals surface area (Å²) in [5, 5.41) is 2.92. The van der Waals surface area contributed by atoms with Crippen molar-refractivity contribution in [1.82, 2.24) is 4.90 Å². The summed E-state index contributed by atoms with van der Waals surface area (Å²) in [6.07, 6.45) is 1.33. The van der Waals surface area contributed by atoms with E-state index in [1.54, 1.807) is 4.90 Å². The largest absolute Gasteiger partial charge is 0.466 e. The van der Waals surface area contributed by atoms with E-state index in [9.17, 15) is 9.59 Å². The molecule has 0 aromatic heterocycles. The van der Waals surface area contributed by atoms with E-state index in [0.29, 0.717) is 32.5 Å². The van der Waals surface area contributed by atoms with Gasteiger partial charge in [-0.25, -0.2) is 4.79 Å². The lowest BCUT2D eigenvalue weighted by molar-refractivity contribution is -0.149. The van der Waals surface area contributed by atoms with Gasteiger partial charge >= 0.3 is 12.0 Å². The lowest BCUT2D eigenvalue weighted by Gasteiger charge is -2.30. The summed E-state index contributed by atoms with van der Waals surface area (Å²) >= 11 is 0. The number of anilines is 1. The maximum absolute atomic E-state index is 12.3. The minimum atomic E-state index is -0.142. The Morgan fingerprint density at radius 1 is 1.23 bits per heavy atom. The second-order valence-corrected chi connectivity index (χ2v) is 5.74. The highest BCUT2D eigenvalue weighted by molar-refractivity contribution is 5.89. The first-order valence-electron chi connectivity index (χ1n) is 7.81. The van der Waals surface area contributed by atoms with Crippen LogP contribution < -0.4 is 5.32 Å². The van der Waals surface area contributed by atoms with E-state index < -0.39 is 0 Å². The van der Waals surface area contributed by atoms with Crippen LogP contribution in [0.3, 0.4) is 0 Å². The second kappa shape index (κ2) is 7.29. The number of urea groups is 1. The van der Waals surface area contributed by atoms with Crippen LogP contribution >= 0.6 is 0 Å². The van der Waals surface area contributed by atoms with Crippen molar-refractivity contribution in [3.8, 4) is 0 Å². The first-order chi connectivity index (χ1) is 10.5. The summed E-state index contributed by atoms with van der Waals surface area (Å²) in [5.74, 6) is -0.220. The molecule has 1 fully saturated rings. The van der Waals surface area contributed by atoms with Crippen molar-refractivity contribution in [3.63, 3.8) is 0 Å². The molecular weight excluding hydrogens is 280 g/mol. The number of likely N-dealkylation sites (tertiary alicyclic amines) is 1. The minimum absolute atomic E-state index is 0.0781. The maximum Gasteiger partial charge on any atom is 0.321 e. The van der Waals surface area contributed by atoms with Gasteiger partial charge in [0, 0.05) is 18.8 Å². The van der Waals surface area contributed by atoms with Crippen molar-refractivity contribution in [1.29, 1.82) is 0 Å². The third-order valence-electron chi connectivity index (χ3n) is 4.16. The number of benzene rings is 1. The molecule has 0 atom stereocenters. The van der Waals surface area contributed by atoms with E-state index in [2.05, 4.69) is 5.32 Å². The molecule has 2 amide bonds. The first-order valence-corrected chi connectivity index (χ1v) is 7.81. The van der Waals surface area contributed by atoms with E-state index >= 15 is 0 Å². The van der Waals surface area contributed by atoms with Crippen molar-refractivity contribution in [2.75, 3.05) is 25.0 Å². The molecule has 1 aromatic rings. The Hall–Kier alpha value is -2.04. The number of carbonyl (C=O) groups excluding carboxylic acids is 2. The highest BCUT2D eigenvalue weighted by Gasteiger charge is 2.28. The highest BCUT2D eigenvalue weighted by atomic mass is 16.5. The zero-order valence-corrected chi connectivity index (χ0v) is 13.5. The smallest absolute Gasteiger partial charge is 0.321 e. The van der Waals surface area contributed by atoms with Gasteiger partial charge in [-0.1, -0.05) is 6.07 Å². The fourth-order valence-corrected chi connectivity index (χ4v) is 2.60. The Morgan fingerprint density at radius 2 is 1.91 bits per heavy atom. The molecule has 1 aliphatic rings. The number of carbonyl (C=O) groups is 2. The molecule has 1 aromatic carbocycles. The molecule has 0 aliphatic carbocycles. The predicted molar refractivity (Wildman–Crippen MR) is 85.9 cm³/mol. The van der Waals surface area contributed by atoms with E-state index in [1.807, 2.05) is 39.0 Å². The van der Waals surface area contributed by atoms with Gasteiger partial charge in [-0.05, 0) is 56.9 Å². The summed E-state index contributed by atoms with van der Waals surface area (Å²) in [6, 6.07) is 5.77. The van der Waals surface area contributed by atoms with E-state index in [-0.39, 0.29) is 17.9 Å². The van der Waals surface area contributed by atoms with Crippen LogP contribution in [-0.4, -0.2) is 36.6 Å². The molecule has 0 bridgehead atoms. The third kappa shape index (κ3) is 4.00. The normalized spacial score (nSPS) is 15.5. The number of piperidine rings is 1. The molecule has 22 heavy (non-hydrogen) atoms. The van der Waals surface area contributed by atoms with Gasteiger partial charge in [0.1, 0.15) is 0 Å². The van der Waals surface area contributed by atoms with Crippen LogP contribution in [0.15, 0.2) is 18.2 Å². The molecule has 1 heterocycles. The summed E-state index contributed by atoms with van der Waals surface area (Å²) < 4.78 is 5.04. The third-order valence-corrected chi connectivity index (χ3v) is 4.16. The molecule has 1 aliphatic heterocycles. The second-order valence-electron chi connectivity index (χ2n) is 5.74. The molecule has 2 rings (SSSR count). The highest BCUT2D eigenvalue weighted by Crippen LogP contribution is 2.20. The Labute approximate surface area is 131 Å². The Balaban J connectivity index is 1.87. The van der Waals surface area contributed by atoms with Gasteiger partial charge in [0.05, 0.1) is 12.5 Å². The van der Waals surface area contributed by atoms with Crippen molar-refractivity contribution >= 4 is 17.7 Å². The van der Waals surface area contributed by atoms with Gasteiger partial charge in [0.25, 0.3) is 0 Å². The molecule has 5 heteroatoms. The van der Waals surface area contributed by atoms with Gasteiger partial charge in [-0.3, -0.25) is 4.79 Å². The standard InChI is InChI=1S/C17H24N2O3/c1-4-22-16(20)14-7-9-19(10-8-14)17(21)18-15-6-5-12(2)13(3)11-15/h5-6,11,14H,4,7-10H2,1-3H3,(H,18,21). The number of hydrogen-bond donors (Lipinski definition) is 1. The molecule has 0 spiro atoms. The van der Waals surface area contributed by atoms with Crippen molar-refractivity contribution in [2.45, 2.75) is 33.6 Å². The van der Waals surface area contributed by atoms with Crippen LogP contribution in [0.2, 0.25) is 0 Å². The molecule has 120 valence electrons. The molecule has 0 radical (unpaired) electrons. The van der Waals surface area contributed by atoms with Crippen LogP contribution in [0, 0.1) is 19.8 Å². The quantitative estimate of drug-likeness (QED) is 0.873. The topological polar surface area (TPSA) is 58.6 Å². The average molecular weight is 304 g/mol. The maximum atomic E-state index is 12.3. The molecule has 1 N–H and O–H groups in total.